The Kier molecular flexibility index (Phi) is 3.72. The Morgan fingerprint density at radius 2 is 1.95 bits per heavy atom. The summed E-state index contributed by atoms with van der Waals surface area (Å²) in [4.78, 5) is 4.73. The first-order valence-electron chi connectivity index (χ1n) is 6.71. The molecule has 0 saturated heterocycles. The van der Waals surface area contributed by atoms with E-state index in [1.807, 2.05) is 36.5 Å². The van der Waals surface area contributed by atoms with Gasteiger partial charge in [0.25, 0.3) is 0 Å². The summed E-state index contributed by atoms with van der Waals surface area (Å²) in [6, 6.07) is 14.0. The van der Waals surface area contributed by atoms with Gasteiger partial charge in [-0.15, -0.1) is 0 Å². The molecule has 3 nitrogen and oxygen atoms in total. The average molecular weight is 286 g/mol. The Labute approximate surface area is 123 Å². The van der Waals surface area contributed by atoms with Gasteiger partial charge in [0.1, 0.15) is 5.65 Å². The molecular weight excluding hydrogens is 270 g/mol. The first-order chi connectivity index (χ1) is 9.79. The van der Waals surface area contributed by atoms with Crippen LogP contribution in [0.3, 0.4) is 0 Å². The summed E-state index contributed by atoms with van der Waals surface area (Å²) in [5, 5.41) is 0.701. The molecule has 0 aliphatic rings. The van der Waals surface area contributed by atoms with Crippen molar-refractivity contribution in [1.82, 2.24) is 9.38 Å². The molecule has 2 heterocycles. The Bertz CT molecular complexity index is 719. The van der Waals surface area contributed by atoms with E-state index in [0.29, 0.717) is 11.6 Å². The number of halogens is 1. The fourth-order valence-corrected chi connectivity index (χ4v) is 2.56. The third-order valence-electron chi connectivity index (χ3n) is 3.35. The summed E-state index contributed by atoms with van der Waals surface area (Å²) in [6.07, 6.45) is 3.82. The number of nitrogens with zero attached hydrogens (tertiary/aromatic N) is 2. The quantitative estimate of drug-likeness (QED) is 0.797. The van der Waals surface area contributed by atoms with Gasteiger partial charge >= 0.3 is 0 Å². The number of pyridine rings is 1. The minimum Gasteiger partial charge on any atom is -0.330 e. The van der Waals surface area contributed by atoms with Crippen molar-refractivity contribution in [3.8, 4) is 11.3 Å². The van der Waals surface area contributed by atoms with Crippen LogP contribution in [0.5, 0.6) is 0 Å². The van der Waals surface area contributed by atoms with Gasteiger partial charge in [-0.1, -0.05) is 41.9 Å². The molecule has 0 aliphatic carbocycles. The maximum absolute atomic E-state index is 6.06. The molecule has 0 spiro atoms. The van der Waals surface area contributed by atoms with Crippen LogP contribution in [0, 0.1) is 0 Å². The van der Waals surface area contributed by atoms with Crippen LogP contribution in [0.2, 0.25) is 5.02 Å². The molecule has 0 radical (unpaired) electrons. The van der Waals surface area contributed by atoms with E-state index in [9.17, 15) is 0 Å². The molecule has 1 aromatic carbocycles. The fourth-order valence-electron chi connectivity index (χ4n) is 2.41. The van der Waals surface area contributed by atoms with Gasteiger partial charge in [0, 0.05) is 22.8 Å². The Hall–Kier alpha value is -1.84. The predicted octanol–water partition coefficient (Wildman–Crippen LogP) is 3.55. The van der Waals surface area contributed by atoms with E-state index in [1.165, 1.54) is 5.69 Å². The van der Waals surface area contributed by atoms with E-state index in [-0.39, 0.29) is 0 Å². The van der Waals surface area contributed by atoms with Crippen molar-refractivity contribution < 1.29 is 0 Å². The topological polar surface area (TPSA) is 43.3 Å². The van der Waals surface area contributed by atoms with Crippen LogP contribution in [0.4, 0.5) is 0 Å². The zero-order valence-electron chi connectivity index (χ0n) is 11.1. The lowest BCUT2D eigenvalue weighted by Crippen LogP contribution is -2.03. The van der Waals surface area contributed by atoms with Crippen molar-refractivity contribution in [3.05, 3.63) is 59.4 Å². The molecule has 0 atom stereocenters. The summed E-state index contributed by atoms with van der Waals surface area (Å²) in [5.74, 6) is 0. The van der Waals surface area contributed by atoms with Crippen molar-refractivity contribution in [2.75, 3.05) is 6.54 Å². The highest BCUT2D eigenvalue weighted by Gasteiger charge is 2.13. The molecule has 20 heavy (non-hydrogen) atoms. The molecule has 0 aliphatic heterocycles. The second kappa shape index (κ2) is 5.65. The number of imidazole rings is 1. The van der Waals surface area contributed by atoms with Crippen LogP contribution < -0.4 is 5.73 Å². The zero-order chi connectivity index (χ0) is 13.9. The number of aromatic nitrogens is 2. The molecule has 2 aromatic heterocycles. The molecular formula is C16H16ClN3. The maximum Gasteiger partial charge on any atom is 0.139 e. The highest BCUT2D eigenvalue weighted by molar-refractivity contribution is 6.30. The largest absolute Gasteiger partial charge is 0.330 e. The first kappa shape index (κ1) is 13.2. The number of hydrogen-bond donors (Lipinski definition) is 1. The minimum atomic E-state index is 0.676. The third kappa shape index (κ3) is 2.42. The van der Waals surface area contributed by atoms with E-state index >= 15 is 0 Å². The molecule has 3 rings (SSSR count). The summed E-state index contributed by atoms with van der Waals surface area (Å²) >= 11 is 6.06. The van der Waals surface area contributed by atoms with Gasteiger partial charge < -0.3 is 10.1 Å². The summed E-state index contributed by atoms with van der Waals surface area (Å²) in [6.45, 7) is 0.676. The van der Waals surface area contributed by atoms with Gasteiger partial charge in [-0.3, -0.25) is 0 Å². The molecule has 0 saturated carbocycles. The highest BCUT2D eigenvalue weighted by atomic mass is 35.5. The van der Waals surface area contributed by atoms with Crippen LogP contribution >= 0.6 is 11.6 Å². The number of hydrogen-bond acceptors (Lipinski definition) is 2. The summed E-state index contributed by atoms with van der Waals surface area (Å²) < 4.78 is 2.10. The van der Waals surface area contributed by atoms with Gasteiger partial charge in [0.2, 0.25) is 0 Å². The number of fused-ring (bicyclic) bond motifs is 1. The second-order valence-corrected chi connectivity index (χ2v) is 5.17. The monoisotopic (exact) mass is 285 g/mol. The fraction of sp³-hybridized carbons (Fsp3) is 0.188. The van der Waals surface area contributed by atoms with Crippen LogP contribution in [0.25, 0.3) is 16.9 Å². The number of benzene rings is 1. The number of nitrogens with two attached hydrogens (primary N) is 1. The molecule has 3 aromatic rings. The highest BCUT2D eigenvalue weighted by Crippen LogP contribution is 2.26. The van der Waals surface area contributed by atoms with E-state index in [0.717, 1.165) is 29.7 Å². The molecule has 2 N–H and O–H groups in total. The maximum atomic E-state index is 6.06. The molecule has 102 valence electrons. The Balaban J connectivity index is 2.19. The first-order valence-corrected chi connectivity index (χ1v) is 7.09. The zero-order valence-corrected chi connectivity index (χ0v) is 11.8. The van der Waals surface area contributed by atoms with Crippen LogP contribution in [0.15, 0.2) is 48.7 Å². The lowest BCUT2D eigenvalue weighted by molar-refractivity contribution is 0.804. The lowest BCUT2D eigenvalue weighted by atomic mass is 10.1. The van der Waals surface area contributed by atoms with Crippen LogP contribution in [-0.4, -0.2) is 15.9 Å². The third-order valence-corrected chi connectivity index (χ3v) is 3.59. The molecule has 0 bridgehead atoms. The molecule has 0 fully saturated rings. The predicted molar refractivity (Wildman–Crippen MR) is 83.0 cm³/mol. The second-order valence-electron chi connectivity index (χ2n) is 4.74. The van der Waals surface area contributed by atoms with Gasteiger partial charge in [-0.2, -0.15) is 0 Å². The van der Waals surface area contributed by atoms with E-state index in [1.54, 1.807) is 0 Å². The van der Waals surface area contributed by atoms with Gasteiger partial charge in [-0.05, 0) is 25.5 Å². The summed E-state index contributed by atoms with van der Waals surface area (Å²) in [5.41, 5.74) is 9.86. The van der Waals surface area contributed by atoms with Crippen LogP contribution in [-0.2, 0) is 6.42 Å². The normalized spacial score (nSPS) is 11.1. The van der Waals surface area contributed by atoms with Crippen LogP contribution in [0.1, 0.15) is 12.1 Å². The Morgan fingerprint density at radius 1 is 1.15 bits per heavy atom. The van der Waals surface area contributed by atoms with E-state index in [2.05, 4.69) is 16.5 Å². The molecule has 0 amide bonds. The van der Waals surface area contributed by atoms with Crippen molar-refractivity contribution in [3.63, 3.8) is 0 Å². The van der Waals surface area contributed by atoms with Gasteiger partial charge in [-0.25, -0.2) is 4.98 Å². The van der Waals surface area contributed by atoms with E-state index < -0.39 is 0 Å². The minimum absolute atomic E-state index is 0.676. The number of rotatable bonds is 4. The SMILES string of the molecule is NCCCc1c(-c2ccccc2)nc2cc(Cl)ccn12. The smallest absolute Gasteiger partial charge is 0.139 e. The van der Waals surface area contributed by atoms with Crippen molar-refractivity contribution >= 4 is 17.2 Å². The van der Waals surface area contributed by atoms with Crippen molar-refractivity contribution in [2.24, 2.45) is 5.73 Å². The molecule has 0 unspecified atom stereocenters. The summed E-state index contributed by atoms with van der Waals surface area (Å²) in [7, 11) is 0. The standard InChI is InChI=1S/C16H16ClN3/c17-13-8-10-20-14(7-4-9-18)16(19-15(20)11-13)12-5-2-1-3-6-12/h1-3,5-6,8,10-11H,4,7,9,18H2. The van der Waals surface area contributed by atoms with E-state index in [4.69, 9.17) is 22.3 Å². The van der Waals surface area contributed by atoms with Gasteiger partial charge in [0.15, 0.2) is 0 Å². The number of aryl methyl sites for hydroxylation is 1. The lowest BCUT2D eigenvalue weighted by Gasteiger charge is -2.04. The van der Waals surface area contributed by atoms with Crippen molar-refractivity contribution in [1.29, 1.82) is 0 Å². The van der Waals surface area contributed by atoms with Gasteiger partial charge in [0.05, 0.1) is 11.4 Å². The average Bonchev–Trinajstić information content (AvgIpc) is 2.83. The van der Waals surface area contributed by atoms with Crippen molar-refractivity contribution in [2.45, 2.75) is 12.8 Å². The Morgan fingerprint density at radius 3 is 2.70 bits per heavy atom. The molecule has 4 heteroatoms.